The van der Waals surface area contributed by atoms with Crippen molar-refractivity contribution >= 4 is 15.7 Å². The number of nitro groups is 1. The second kappa shape index (κ2) is 11.3. The van der Waals surface area contributed by atoms with Crippen molar-refractivity contribution in [3.05, 3.63) is 155 Å². The second-order valence-electron chi connectivity index (χ2n) is 8.28. The van der Waals surface area contributed by atoms with Crippen molar-refractivity contribution in [1.29, 1.82) is 0 Å². The van der Waals surface area contributed by atoms with E-state index in [9.17, 15) is 18.5 Å². The van der Waals surface area contributed by atoms with Gasteiger partial charge in [-0.3, -0.25) is 10.1 Å². The second-order valence-corrected chi connectivity index (χ2v) is 9.96. The standard InChI is InChI=1S/C29H26N2O5S/c1-2-26(30-37(34,35)28-21-13-12-20-27(28)31(32)33)22-36-29(23-14-6-3-7-15-23,24-16-8-4-9-17-24)25-18-10-5-11-19-25/h2-21,26,30H,1,22H2/t26-/m0/s1. The largest absolute Gasteiger partial charge is 0.359 e. The Hall–Kier alpha value is -4.11. The summed E-state index contributed by atoms with van der Waals surface area (Å²) in [5, 5.41) is 11.4. The Bertz CT molecular complexity index is 1360. The van der Waals surface area contributed by atoms with Crippen molar-refractivity contribution in [1.82, 2.24) is 4.72 Å². The van der Waals surface area contributed by atoms with E-state index in [1.165, 1.54) is 24.3 Å². The first-order chi connectivity index (χ1) is 17.9. The molecule has 0 spiro atoms. The summed E-state index contributed by atoms with van der Waals surface area (Å²) in [7, 11) is -4.25. The maximum Gasteiger partial charge on any atom is 0.289 e. The van der Waals surface area contributed by atoms with Crippen molar-refractivity contribution in [2.45, 2.75) is 16.5 Å². The summed E-state index contributed by atoms with van der Waals surface area (Å²) in [6, 6.07) is 33.3. The SMILES string of the molecule is C=C[C@@H](COC(c1ccccc1)(c1ccccc1)c1ccccc1)NS(=O)(=O)c1ccccc1[N+](=O)[O-]. The molecular formula is C29H26N2O5S. The number of ether oxygens (including phenoxy) is 1. The molecule has 0 radical (unpaired) electrons. The quantitative estimate of drug-likeness (QED) is 0.124. The molecule has 37 heavy (non-hydrogen) atoms. The highest BCUT2D eigenvalue weighted by Gasteiger charge is 2.38. The van der Waals surface area contributed by atoms with E-state index in [-0.39, 0.29) is 6.61 Å². The predicted molar refractivity (Wildman–Crippen MR) is 143 cm³/mol. The number of sulfonamides is 1. The van der Waals surface area contributed by atoms with E-state index >= 15 is 0 Å². The molecule has 0 saturated heterocycles. The number of para-hydroxylation sites is 1. The summed E-state index contributed by atoms with van der Waals surface area (Å²) in [5.41, 5.74) is 1.01. The third kappa shape index (κ3) is 5.51. The molecule has 4 aromatic carbocycles. The van der Waals surface area contributed by atoms with Gasteiger partial charge in [0.1, 0.15) is 5.60 Å². The zero-order valence-corrected chi connectivity index (χ0v) is 20.8. The Kier molecular flexibility index (Phi) is 7.93. The molecule has 0 fully saturated rings. The van der Waals surface area contributed by atoms with Gasteiger partial charge in [-0.2, -0.15) is 0 Å². The molecule has 188 valence electrons. The lowest BCUT2D eigenvalue weighted by Gasteiger charge is -2.37. The Morgan fingerprint density at radius 3 is 1.68 bits per heavy atom. The van der Waals surface area contributed by atoms with Crippen LogP contribution >= 0.6 is 0 Å². The van der Waals surface area contributed by atoms with Gasteiger partial charge < -0.3 is 4.74 Å². The summed E-state index contributed by atoms with van der Waals surface area (Å²) >= 11 is 0. The van der Waals surface area contributed by atoms with Crippen LogP contribution in [0, 0.1) is 10.1 Å². The van der Waals surface area contributed by atoms with Crippen LogP contribution in [-0.4, -0.2) is 26.0 Å². The van der Waals surface area contributed by atoms with Gasteiger partial charge in [0.05, 0.1) is 17.6 Å². The van der Waals surface area contributed by atoms with Gasteiger partial charge in [0, 0.05) is 6.07 Å². The van der Waals surface area contributed by atoms with Crippen LogP contribution in [0.5, 0.6) is 0 Å². The lowest BCUT2D eigenvalue weighted by atomic mass is 9.80. The lowest BCUT2D eigenvalue weighted by Crippen LogP contribution is -2.41. The van der Waals surface area contributed by atoms with Crippen LogP contribution in [-0.2, 0) is 20.4 Å². The first-order valence-electron chi connectivity index (χ1n) is 11.6. The predicted octanol–water partition coefficient (Wildman–Crippen LogP) is 5.44. The fraction of sp³-hybridized carbons (Fsp3) is 0.103. The number of nitro benzene ring substituents is 1. The number of rotatable bonds is 11. The van der Waals surface area contributed by atoms with Gasteiger partial charge >= 0.3 is 0 Å². The number of hydrogen-bond donors (Lipinski definition) is 1. The van der Waals surface area contributed by atoms with Gasteiger partial charge in [-0.1, -0.05) is 109 Å². The fourth-order valence-corrected chi connectivity index (χ4v) is 5.60. The van der Waals surface area contributed by atoms with E-state index in [1.54, 1.807) is 0 Å². The summed E-state index contributed by atoms with van der Waals surface area (Å²) < 4.78 is 35.5. The van der Waals surface area contributed by atoms with Crippen molar-refractivity contribution < 1.29 is 18.1 Å². The highest BCUT2D eigenvalue weighted by atomic mass is 32.2. The molecule has 8 heteroatoms. The summed E-state index contributed by atoms with van der Waals surface area (Å²) in [6.45, 7) is 3.68. The van der Waals surface area contributed by atoms with Crippen LogP contribution in [0.15, 0.2) is 133 Å². The molecule has 0 aliphatic rings. The molecule has 0 aliphatic heterocycles. The maximum atomic E-state index is 13.1. The van der Waals surface area contributed by atoms with E-state index in [1.807, 2.05) is 91.0 Å². The van der Waals surface area contributed by atoms with Gasteiger partial charge in [-0.25, -0.2) is 13.1 Å². The van der Waals surface area contributed by atoms with Gasteiger partial charge in [0.25, 0.3) is 5.69 Å². The maximum absolute atomic E-state index is 13.1. The average Bonchev–Trinajstić information content (AvgIpc) is 2.94. The molecule has 4 aromatic rings. The zero-order valence-electron chi connectivity index (χ0n) is 19.9. The molecule has 1 N–H and O–H groups in total. The molecule has 0 aliphatic carbocycles. The van der Waals surface area contributed by atoms with Crippen LogP contribution in [0.4, 0.5) is 5.69 Å². The number of hydrogen-bond acceptors (Lipinski definition) is 5. The topological polar surface area (TPSA) is 98.5 Å². The van der Waals surface area contributed by atoms with E-state index in [0.29, 0.717) is 0 Å². The number of benzene rings is 4. The van der Waals surface area contributed by atoms with Crippen molar-refractivity contribution in [2.24, 2.45) is 0 Å². The van der Waals surface area contributed by atoms with E-state index < -0.39 is 37.2 Å². The van der Waals surface area contributed by atoms with Crippen LogP contribution in [0.2, 0.25) is 0 Å². The van der Waals surface area contributed by atoms with Crippen LogP contribution in [0.1, 0.15) is 16.7 Å². The number of nitrogens with one attached hydrogen (secondary N) is 1. The first-order valence-corrected chi connectivity index (χ1v) is 13.1. The van der Waals surface area contributed by atoms with E-state index in [2.05, 4.69) is 11.3 Å². The van der Waals surface area contributed by atoms with Crippen molar-refractivity contribution in [3.63, 3.8) is 0 Å². The molecule has 0 bridgehead atoms. The molecule has 0 aromatic heterocycles. The van der Waals surface area contributed by atoms with Gasteiger partial charge in [-0.05, 0) is 22.8 Å². The fourth-order valence-electron chi connectivity index (χ4n) is 4.23. The average molecular weight is 515 g/mol. The Morgan fingerprint density at radius 1 is 0.811 bits per heavy atom. The smallest absolute Gasteiger partial charge is 0.289 e. The van der Waals surface area contributed by atoms with Crippen LogP contribution in [0.3, 0.4) is 0 Å². The van der Waals surface area contributed by atoms with Crippen LogP contribution in [0.25, 0.3) is 0 Å². The first kappa shape index (κ1) is 26.0. The van der Waals surface area contributed by atoms with Crippen molar-refractivity contribution in [2.75, 3.05) is 6.61 Å². The monoisotopic (exact) mass is 514 g/mol. The number of nitrogens with zero attached hydrogens (tertiary/aromatic N) is 1. The molecule has 7 nitrogen and oxygen atoms in total. The summed E-state index contributed by atoms with van der Waals surface area (Å²) in [5.74, 6) is 0. The zero-order chi connectivity index (χ0) is 26.3. The highest BCUT2D eigenvalue weighted by Crippen LogP contribution is 2.40. The third-order valence-corrected chi connectivity index (χ3v) is 7.50. The molecule has 0 unspecified atom stereocenters. The Labute approximate surface area is 216 Å². The van der Waals surface area contributed by atoms with E-state index in [0.717, 1.165) is 22.8 Å². The minimum atomic E-state index is -4.25. The molecule has 1 atom stereocenters. The summed E-state index contributed by atoms with van der Waals surface area (Å²) in [6.07, 6.45) is 1.41. The molecule has 0 amide bonds. The van der Waals surface area contributed by atoms with E-state index in [4.69, 9.17) is 4.74 Å². The summed E-state index contributed by atoms with van der Waals surface area (Å²) in [4.78, 5) is 10.3. The van der Waals surface area contributed by atoms with Gasteiger partial charge in [0.2, 0.25) is 10.0 Å². The van der Waals surface area contributed by atoms with Gasteiger partial charge in [-0.15, -0.1) is 6.58 Å². The molecule has 0 heterocycles. The molecule has 0 saturated carbocycles. The minimum absolute atomic E-state index is 0.0952. The lowest BCUT2D eigenvalue weighted by molar-refractivity contribution is -0.387. The Morgan fingerprint density at radius 2 is 1.24 bits per heavy atom. The van der Waals surface area contributed by atoms with Crippen LogP contribution < -0.4 is 4.72 Å². The van der Waals surface area contributed by atoms with Gasteiger partial charge in [0.15, 0.2) is 4.90 Å². The normalized spacial score (nSPS) is 12.5. The minimum Gasteiger partial charge on any atom is -0.359 e. The van der Waals surface area contributed by atoms with Crippen molar-refractivity contribution in [3.8, 4) is 0 Å². The highest BCUT2D eigenvalue weighted by molar-refractivity contribution is 7.89. The molecule has 4 rings (SSSR count). The Balaban J connectivity index is 1.74. The molecular weight excluding hydrogens is 488 g/mol. The third-order valence-electron chi connectivity index (χ3n) is 5.96.